The maximum atomic E-state index is 12.7. The molecular formula is C12H17BrCl2N2O2S. The standard InChI is InChI=1S/C12H16BrClN2O2S.ClH/c1-8-6-16(7-9(2)15-8)19(17,18)12-10(13)4-3-5-11(12)14;/h3-5,8-9,15H,6-7H2,1-2H3;1H. The molecule has 0 amide bonds. The number of halogens is 3. The number of rotatable bonds is 2. The van der Waals surface area contributed by atoms with E-state index in [0.717, 1.165) is 0 Å². The summed E-state index contributed by atoms with van der Waals surface area (Å²) in [6, 6.07) is 5.25. The van der Waals surface area contributed by atoms with Crippen molar-refractivity contribution in [2.45, 2.75) is 30.8 Å². The Balaban J connectivity index is 0.00000200. The molecular weight excluding hydrogens is 387 g/mol. The molecule has 1 saturated heterocycles. The molecule has 1 aliphatic heterocycles. The Morgan fingerprint density at radius 3 is 2.35 bits per heavy atom. The Kier molecular flexibility index (Phi) is 6.32. The topological polar surface area (TPSA) is 49.4 Å². The highest BCUT2D eigenvalue weighted by Gasteiger charge is 2.33. The minimum absolute atomic E-state index is 0. The van der Waals surface area contributed by atoms with Crippen LogP contribution in [0.1, 0.15) is 13.8 Å². The van der Waals surface area contributed by atoms with E-state index in [1.54, 1.807) is 18.2 Å². The smallest absolute Gasteiger partial charge is 0.245 e. The predicted octanol–water partition coefficient (Wildman–Crippen LogP) is 2.90. The van der Waals surface area contributed by atoms with Crippen molar-refractivity contribution in [2.75, 3.05) is 13.1 Å². The van der Waals surface area contributed by atoms with Crippen molar-refractivity contribution in [2.24, 2.45) is 0 Å². The molecule has 2 atom stereocenters. The van der Waals surface area contributed by atoms with Crippen molar-refractivity contribution in [3.05, 3.63) is 27.7 Å². The Bertz CT molecular complexity index is 553. The molecule has 1 aromatic carbocycles. The zero-order chi connectivity index (χ0) is 14.2. The summed E-state index contributed by atoms with van der Waals surface area (Å²) in [5.41, 5.74) is 0. The van der Waals surface area contributed by atoms with Crippen LogP contribution < -0.4 is 5.32 Å². The van der Waals surface area contributed by atoms with Crippen LogP contribution in [0.25, 0.3) is 0 Å². The fourth-order valence-electron chi connectivity index (χ4n) is 2.33. The predicted molar refractivity (Wildman–Crippen MR) is 87.2 cm³/mol. The van der Waals surface area contributed by atoms with E-state index < -0.39 is 10.0 Å². The molecule has 1 fully saturated rings. The lowest BCUT2D eigenvalue weighted by molar-refractivity contribution is 0.263. The normalized spacial score (nSPS) is 24.2. The third-order valence-electron chi connectivity index (χ3n) is 3.04. The molecule has 1 aromatic rings. The number of piperazine rings is 1. The van der Waals surface area contributed by atoms with Crippen molar-refractivity contribution in [1.29, 1.82) is 0 Å². The van der Waals surface area contributed by atoms with Gasteiger partial charge in [0.15, 0.2) is 0 Å². The maximum Gasteiger partial charge on any atom is 0.245 e. The SMILES string of the molecule is CC1CN(S(=O)(=O)c2c(Cl)cccc2Br)CC(C)N1.Cl. The molecule has 0 aromatic heterocycles. The van der Waals surface area contributed by atoms with Crippen molar-refractivity contribution in [3.63, 3.8) is 0 Å². The van der Waals surface area contributed by atoms with Gasteiger partial charge in [-0.1, -0.05) is 17.7 Å². The van der Waals surface area contributed by atoms with Crippen LogP contribution in [0.3, 0.4) is 0 Å². The van der Waals surface area contributed by atoms with Gasteiger partial charge in [0, 0.05) is 29.6 Å². The molecule has 0 aliphatic carbocycles. The molecule has 0 spiro atoms. The van der Waals surface area contributed by atoms with E-state index in [2.05, 4.69) is 21.2 Å². The van der Waals surface area contributed by atoms with E-state index >= 15 is 0 Å². The summed E-state index contributed by atoms with van der Waals surface area (Å²) in [5, 5.41) is 3.55. The molecule has 8 heteroatoms. The lowest BCUT2D eigenvalue weighted by atomic mass is 10.2. The highest BCUT2D eigenvalue weighted by atomic mass is 79.9. The third kappa shape index (κ3) is 3.67. The van der Waals surface area contributed by atoms with Crippen LogP contribution in [0, 0.1) is 0 Å². The van der Waals surface area contributed by atoms with Crippen LogP contribution in [0.5, 0.6) is 0 Å². The summed E-state index contributed by atoms with van der Waals surface area (Å²) in [6.45, 7) is 4.84. The monoisotopic (exact) mass is 402 g/mol. The zero-order valence-corrected chi connectivity index (χ0v) is 15.1. The molecule has 114 valence electrons. The first kappa shape index (κ1) is 18.2. The Morgan fingerprint density at radius 1 is 1.30 bits per heavy atom. The van der Waals surface area contributed by atoms with Gasteiger partial charge in [0.1, 0.15) is 4.90 Å². The minimum atomic E-state index is -3.57. The summed E-state index contributed by atoms with van der Waals surface area (Å²) in [7, 11) is -3.57. The van der Waals surface area contributed by atoms with E-state index in [-0.39, 0.29) is 34.4 Å². The number of hydrogen-bond donors (Lipinski definition) is 1. The second-order valence-electron chi connectivity index (χ2n) is 4.84. The molecule has 4 nitrogen and oxygen atoms in total. The second kappa shape index (κ2) is 6.94. The molecule has 1 N–H and O–H groups in total. The summed E-state index contributed by atoms with van der Waals surface area (Å²) >= 11 is 9.33. The average molecular weight is 404 g/mol. The summed E-state index contributed by atoms with van der Waals surface area (Å²) in [6.07, 6.45) is 0. The van der Waals surface area contributed by atoms with E-state index in [1.165, 1.54) is 4.31 Å². The van der Waals surface area contributed by atoms with Crippen molar-refractivity contribution >= 4 is 50.0 Å². The maximum absolute atomic E-state index is 12.7. The van der Waals surface area contributed by atoms with Gasteiger partial charge in [0.05, 0.1) is 5.02 Å². The van der Waals surface area contributed by atoms with Gasteiger partial charge in [-0.3, -0.25) is 0 Å². The summed E-state index contributed by atoms with van der Waals surface area (Å²) < 4.78 is 27.4. The molecule has 0 saturated carbocycles. The van der Waals surface area contributed by atoms with Gasteiger partial charge in [-0.15, -0.1) is 12.4 Å². The molecule has 2 rings (SSSR count). The van der Waals surface area contributed by atoms with Gasteiger partial charge in [-0.05, 0) is 41.9 Å². The van der Waals surface area contributed by atoms with Crippen LogP contribution in [-0.4, -0.2) is 37.9 Å². The largest absolute Gasteiger partial charge is 0.309 e. The Morgan fingerprint density at radius 2 is 1.85 bits per heavy atom. The molecule has 1 heterocycles. The number of sulfonamides is 1. The van der Waals surface area contributed by atoms with E-state index in [1.807, 2.05) is 13.8 Å². The van der Waals surface area contributed by atoms with Gasteiger partial charge in [-0.2, -0.15) is 4.31 Å². The van der Waals surface area contributed by atoms with Crippen LogP contribution in [-0.2, 0) is 10.0 Å². The van der Waals surface area contributed by atoms with Gasteiger partial charge < -0.3 is 5.32 Å². The van der Waals surface area contributed by atoms with Gasteiger partial charge in [0.25, 0.3) is 0 Å². The highest BCUT2D eigenvalue weighted by molar-refractivity contribution is 9.10. The fourth-order valence-corrected chi connectivity index (χ4v) is 5.62. The van der Waals surface area contributed by atoms with Gasteiger partial charge in [0.2, 0.25) is 10.0 Å². The molecule has 0 bridgehead atoms. The molecule has 1 aliphatic rings. The number of nitrogens with one attached hydrogen (secondary N) is 1. The van der Waals surface area contributed by atoms with E-state index in [0.29, 0.717) is 17.6 Å². The first-order valence-electron chi connectivity index (χ1n) is 6.02. The van der Waals surface area contributed by atoms with Crippen molar-refractivity contribution in [1.82, 2.24) is 9.62 Å². The lowest BCUT2D eigenvalue weighted by Crippen LogP contribution is -2.55. The van der Waals surface area contributed by atoms with Crippen LogP contribution in [0.15, 0.2) is 27.6 Å². The molecule has 0 radical (unpaired) electrons. The third-order valence-corrected chi connectivity index (χ3v) is 6.32. The van der Waals surface area contributed by atoms with Crippen LogP contribution in [0.4, 0.5) is 0 Å². The molecule has 20 heavy (non-hydrogen) atoms. The minimum Gasteiger partial charge on any atom is -0.309 e. The number of hydrogen-bond acceptors (Lipinski definition) is 3. The fraction of sp³-hybridized carbons (Fsp3) is 0.500. The average Bonchev–Trinajstić information content (AvgIpc) is 2.26. The summed E-state index contributed by atoms with van der Waals surface area (Å²) in [5.74, 6) is 0. The number of benzene rings is 1. The van der Waals surface area contributed by atoms with Crippen molar-refractivity contribution in [3.8, 4) is 0 Å². The van der Waals surface area contributed by atoms with Gasteiger partial charge in [-0.25, -0.2) is 8.42 Å². The van der Waals surface area contributed by atoms with Crippen LogP contribution in [0.2, 0.25) is 5.02 Å². The van der Waals surface area contributed by atoms with E-state index in [4.69, 9.17) is 11.6 Å². The zero-order valence-electron chi connectivity index (χ0n) is 11.1. The molecule has 2 unspecified atom stereocenters. The summed E-state index contributed by atoms with van der Waals surface area (Å²) in [4.78, 5) is 0.151. The number of nitrogens with zero attached hydrogens (tertiary/aromatic N) is 1. The quantitative estimate of drug-likeness (QED) is 0.825. The van der Waals surface area contributed by atoms with Gasteiger partial charge >= 0.3 is 0 Å². The first-order chi connectivity index (χ1) is 8.82. The Labute approximate surface area is 139 Å². The second-order valence-corrected chi connectivity index (χ2v) is 7.98. The Hall–Kier alpha value is 0.150. The van der Waals surface area contributed by atoms with Crippen molar-refractivity contribution < 1.29 is 8.42 Å². The van der Waals surface area contributed by atoms with Crippen LogP contribution >= 0.6 is 39.9 Å². The lowest BCUT2D eigenvalue weighted by Gasteiger charge is -2.35. The van der Waals surface area contributed by atoms with E-state index in [9.17, 15) is 8.42 Å². The highest BCUT2D eigenvalue weighted by Crippen LogP contribution is 2.32. The first-order valence-corrected chi connectivity index (χ1v) is 8.63.